The van der Waals surface area contributed by atoms with Crippen molar-refractivity contribution >= 4 is 33.3 Å². The van der Waals surface area contributed by atoms with Crippen molar-refractivity contribution in [3.05, 3.63) is 76.2 Å². The van der Waals surface area contributed by atoms with E-state index >= 15 is 0 Å². The van der Waals surface area contributed by atoms with Gasteiger partial charge < -0.3 is 14.6 Å². The molecule has 0 unspecified atom stereocenters. The Hall–Kier alpha value is -2.18. The molecule has 160 valence electrons. The molecule has 0 radical (unpaired) electrons. The molecular formula is C25H26BrN3OS. The molecule has 2 aromatic heterocycles. The van der Waals surface area contributed by atoms with Crippen molar-refractivity contribution < 1.29 is 4.42 Å². The third kappa shape index (κ3) is 4.03. The zero-order valence-electron chi connectivity index (χ0n) is 17.6. The molecule has 2 atom stereocenters. The number of nitrogens with one attached hydrogen (secondary N) is 1. The molecule has 0 spiro atoms. The number of hydrogen-bond donors (Lipinski definition) is 1. The van der Waals surface area contributed by atoms with E-state index in [2.05, 4.69) is 74.5 Å². The topological polar surface area (TPSA) is 41.3 Å². The van der Waals surface area contributed by atoms with Crippen LogP contribution in [0.2, 0.25) is 0 Å². The van der Waals surface area contributed by atoms with Crippen molar-refractivity contribution in [3.8, 4) is 11.3 Å². The van der Waals surface area contributed by atoms with Crippen LogP contribution in [0.3, 0.4) is 0 Å². The first-order valence-electron chi connectivity index (χ1n) is 11.0. The number of halogens is 1. The molecule has 1 N–H and O–H groups in total. The Kier molecular flexibility index (Phi) is 5.85. The number of pyridine rings is 1. The minimum Gasteiger partial charge on any atom is -0.459 e. The number of aryl methyl sites for hydroxylation is 1. The van der Waals surface area contributed by atoms with Crippen LogP contribution in [0.5, 0.6) is 0 Å². The van der Waals surface area contributed by atoms with Crippen LogP contribution >= 0.6 is 28.1 Å². The van der Waals surface area contributed by atoms with E-state index in [0.29, 0.717) is 6.04 Å². The van der Waals surface area contributed by atoms with E-state index in [1.165, 1.54) is 37.7 Å². The molecule has 1 aliphatic carbocycles. The lowest BCUT2D eigenvalue weighted by molar-refractivity contribution is 0.179. The Labute approximate surface area is 197 Å². The molecule has 1 aromatic carbocycles. The van der Waals surface area contributed by atoms with E-state index in [1.807, 2.05) is 18.3 Å². The second-order valence-electron chi connectivity index (χ2n) is 8.51. The summed E-state index contributed by atoms with van der Waals surface area (Å²) in [4.78, 5) is 7.03. The molecule has 3 heterocycles. The van der Waals surface area contributed by atoms with Gasteiger partial charge in [0, 0.05) is 22.3 Å². The number of aromatic nitrogens is 1. The van der Waals surface area contributed by atoms with E-state index < -0.39 is 0 Å². The van der Waals surface area contributed by atoms with Gasteiger partial charge in [0.1, 0.15) is 17.6 Å². The lowest BCUT2D eigenvalue weighted by atomic mass is 9.92. The SMILES string of the molecule is Cc1ccc(-c2ccc([C@H]3[C@@H](c4ccccn4)NC(=S)N3C3CCCCC3)o2)c(Br)c1. The fourth-order valence-corrected chi connectivity index (χ4v) is 5.98. The number of nitrogens with zero attached hydrogens (tertiary/aromatic N) is 2. The third-order valence-electron chi connectivity index (χ3n) is 6.41. The Balaban J connectivity index is 1.55. The van der Waals surface area contributed by atoms with Crippen LogP contribution in [0.4, 0.5) is 0 Å². The van der Waals surface area contributed by atoms with Gasteiger partial charge in [-0.3, -0.25) is 4.98 Å². The maximum atomic E-state index is 6.50. The zero-order valence-corrected chi connectivity index (χ0v) is 20.0. The normalized spacial score (nSPS) is 22.0. The maximum absolute atomic E-state index is 6.50. The first-order valence-corrected chi connectivity index (χ1v) is 12.2. The molecule has 2 aliphatic rings. The minimum absolute atomic E-state index is 0.0107. The Morgan fingerprint density at radius 3 is 2.68 bits per heavy atom. The van der Waals surface area contributed by atoms with Crippen LogP contribution in [0.25, 0.3) is 11.3 Å². The first kappa shape index (κ1) is 20.7. The summed E-state index contributed by atoms with van der Waals surface area (Å²) in [7, 11) is 0. The molecule has 31 heavy (non-hydrogen) atoms. The predicted molar refractivity (Wildman–Crippen MR) is 131 cm³/mol. The standard InChI is InChI=1S/C25H26BrN3OS/c1-16-10-11-18(19(26)15-16)21-12-13-22(30-21)24-23(20-9-5-6-14-27-20)28-25(31)29(24)17-7-3-2-4-8-17/h5-6,9-15,17,23-24H,2-4,7-8H2,1H3,(H,28,31)/t23-,24+/m1/s1. The van der Waals surface area contributed by atoms with E-state index in [0.717, 1.165) is 32.4 Å². The summed E-state index contributed by atoms with van der Waals surface area (Å²) in [5.74, 6) is 1.79. The fourth-order valence-electron chi connectivity index (χ4n) is 4.90. The summed E-state index contributed by atoms with van der Waals surface area (Å²) in [5.41, 5.74) is 3.26. The minimum atomic E-state index is -0.0314. The summed E-state index contributed by atoms with van der Waals surface area (Å²) in [6, 6.07) is 17.0. The molecule has 0 bridgehead atoms. The summed E-state index contributed by atoms with van der Waals surface area (Å²) >= 11 is 9.54. The largest absolute Gasteiger partial charge is 0.459 e. The van der Waals surface area contributed by atoms with Gasteiger partial charge in [-0.2, -0.15) is 0 Å². The van der Waals surface area contributed by atoms with Gasteiger partial charge >= 0.3 is 0 Å². The highest BCUT2D eigenvalue weighted by molar-refractivity contribution is 9.10. The Morgan fingerprint density at radius 1 is 1.10 bits per heavy atom. The highest BCUT2D eigenvalue weighted by atomic mass is 79.9. The smallest absolute Gasteiger partial charge is 0.170 e. The molecule has 6 heteroatoms. The van der Waals surface area contributed by atoms with Crippen molar-refractivity contribution in [2.75, 3.05) is 0 Å². The highest BCUT2D eigenvalue weighted by Crippen LogP contribution is 2.44. The van der Waals surface area contributed by atoms with E-state index in [9.17, 15) is 0 Å². The van der Waals surface area contributed by atoms with Gasteiger partial charge in [0.15, 0.2) is 5.11 Å². The van der Waals surface area contributed by atoms with Gasteiger partial charge in [-0.15, -0.1) is 0 Å². The average Bonchev–Trinajstić information content (AvgIpc) is 3.39. The number of thiocarbonyl (C=S) groups is 1. The molecule has 4 nitrogen and oxygen atoms in total. The molecule has 1 saturated heterocycles. The molecule has 0 amide bonds. The number of hydrogen-bond acceptors (Lipinski definition) is 3. The summed E-state index contributed by atoms with van der Waals surface area (Å²) in [5, 5.41) is 4.37. The maximum Gasteiger partial charge on any atom is 0.170 e. The Morgan fingerprint density at radius 2 is 1.94 bits per heavy atom. The average molecular weight is 496 g/mol. The van der Waals surface area contributed by atoms with Gasteiger partial charge in [0.2, 0.25) is 0 Å². The molecule has 2 fully saturated rings. The number of benzene rings is 1. The number of rotatable bonds is 4. The van der Waals surface area contributed by atoms with Crippen LogP contribution in [0.1, 0.15) is 61.2 Å². The van der Waals surface area contributed by atoms with Crippen molar-refractivity contribution in [2.24, 2.45) is 0 Å². The second kappa shape index (κ2) is 8.75. The van der Waals surface area contributed by atoms with Crippen LogP contribution in [-0.4, -0.2) is 21.0 Å². The third-order valence-corrected chi connectivity index (χ3v) is 7.40. The van der Waals surface area contributed by atoms with Crippen molar-refractivity contribution in [1.82, 2.24) is 15.2 Å². The van der Waals surface area contributed by atoms with Crippen molar-refractivity contribution in [2.45, 2.75) is 57.2 Å². The van der Waals surface area contributed by atoms with Crippen molar-refractivity contribution in [1.29, 1.82) is 0 Å². The summed E-state index contributed by atoms with van der Waals surface area (Å²) in [6.45, 7) is 2.09. The second-order valence-corrected chi connectivity index (χ2v) is 9.75. The lowest BCUT2D eigenvalue weighted by Gasteiger charge is -2.36. The van der Waals surface area contributed by atoms with Crippen molar-refractivity contribution in [3.63, 3.8) is 0 Å². The van der Waals surface area contributed by atoms with E-state index in [1.54, 1.807) is 0 Å². The van der Waals surface area contributed by atoms with E-state index in [-0.39, 0.29) is 12.1 Å². The molecule has 5 rings (SSSR count). The predicted octanol–water partition coefficient (Wildman–Crippen LogP) is 6.72. The van der Waals surface area contributed by atoms with Gasteiger partial charge in [0.25, 0.3) is 0 Å². The van der Waals surface area contributed by atoms with Gasteiger partial charge in [-0.05, 0) is 73.9 Å². The highest BCUT2D eigenvalue weighted by Gasteiger charge is 2.44. The zero-order chi connectivity index (χ0) is 21.4. The van der Waals surface area contributed by atoms with Crippen LogP contribution in [0.15, 0.2) is 63.6 Å². The molecule has 1 saturated carbocycles. The monoisotopic (exact) mass is 495 g/mol. The van der Waals surface area contributed by atoms with Gasteiger partial charge in [-0.1, -0.05) is 47.3 Å². The fraction of sp³-hybridized carbons (Fsp3) is 0.360. The Bertz CT molecular complexity index is 1080. The first-order chi connectivity index (χ1) is 15.1. The van der Waals surface area contributed by atoms with Crippen LogP contribution in [0, 0.1) is 6.92 Å². The summed E-state index contributed by atoms with van der Waals surface area (Å²) < 4.78 is 7.54. The quantitative estimate of drug-likeness (QED) is 0.406. The van der Waals surface area contributed by atoms with Gasteiger partial charge in [0.05, 0.1) is 11.7 Å². The van der Waals surface area contributed by atoms with E-state index in [4.69, 9.17) is 16.6 Å². The molecule has 3 aromatic rings. The molecule has 1 aliphatic heterocycles. The van der Waals surface area contributed by atoms with Crippen LogP contribution < -0.4 is 5.32 Å². The lowest BCUT2D eigenvalue weighted by Crippen LogP contribution is -2.40. The summed E-state index contributed by atoms with van der Waals surface area (Å²) in [6.07, 6.45) is 8.01. The number of furan rings is 1. The van der Waals surface area contributed by atoms with Crippen LogP contribution in [-0.2, 0) is 0 Å². The van der Waals surface area contributed by atoms with Gasteiger partial charge in [-0.25, -0.2) is 0 Å². The molecular weight excluding hydrogens is 470 g/mol.